The molecule has 3 heterocycles. The van der Waals surface area contributed by atoms with E-state index in [0.717, 1.165) is 72.0 Å². The van der Waals surface area contributed by atoms with Gasteiger partial charge < -0.3 is 8.98 Å². The zero-order valence-electron chi connectivity index (χ0n) is 37.2. The lowest BCUT2D eigenvalue weighted by molar-refractivity contribution is 0.669. The molecule has 3 aromatic heterocycles. The highest BCUT2D eigenvalue weighted by Gasteiger charge is 2.20. The second-order valence-electron chi connectivity index (χ2n) is 15.3. The maximum Gasteiger partial charge on any atom is 0.164 e. The van der Waals surface area contributed by atoms with E-state index >= 15 is 0 Å². The third-order valence-electron chi connectivity index (χ3n) is 11.5. The fourth-order valence-electron chi connectivity index (χ4n) is 8.63. The Kier molecular flexibility index (Phi) is 7.47. The van der Waals surface area contributed by atoms with E-state index in [1.54, 1.807) is 0 Å². The number of fused-ring (bicyclic) bond motifs is 6. The van der Waals surface area contributed by atoms with E-state index < -0.39 is 0 Å². The van der Waals surface area contributed by atoms with E-state index in [0.29, 0.717) is 45.0 Å². The van der Waals surface area contributed by atoms with Crippen LogP contribution in [-0.4, -0.2) is 19.5 Å². The molecule has 0 radical (unpaired) electrons. The highest BCUT2D eigenvalue weighted by molar-refractivity contribution is 6.14. The van der Waals surface area contributed by atoms with E-state index in [-0.39, 0.29) is 24.2 Å². The van der Waals surface area contributed by atoms with Crippen molar-refractivity contribution < 1.29 is 9.90 Å². The molecule has 0 aliphatic carbocycles. The van der Waals surface area contributed by atoms with Gasteiger partial charge in [0.1, 0.15) is 11.2 Å². The molecule has 0 fully saturated rings. The molecule has 12 aromatic rings. The minimum Gasteiger partial charge on any atom is -0.456 e. The maximum absolute atomic E-state index is 9.42. The first-order chi connectivity index (χ1) is 32.4. The number of benzene rings is 9. The van der Waals surface area contributed by atoms with E-state index in [1.807, 2.05) is 144 Å². The molecule has 0 spiro atoms. The molecule has 5 nitrogen and oxygen atoms in total. The fourth-order valence-corrected chi connectivity index (χ4v) is 8.63. The molecule has 62 heavy (non-hydrogen) atoms. The zero-order valence-corrected chi connectivity index (χ0v) is 33.2. The van der Waals surface area contributed by atoms with Crippen LogP contribution in [0.15, 0.2) is 223 Å². The number of furan rings is 1. The van der Waals surface area contributed by atoms with E-state index in [1.165, 1.54) is 0 Å². The Labute approximate surface area is 363 Å². The summed E-state index contributed by atoms with van der Waals surface area (Å²) in [6.45, 7) is 0. The number of hydrogen-bond acceptors (Lipinski definition) is 4. The Balaban J connectivity index is 1.10. The first-order valence-electron chi connectivity index (χ1n) is 22.5. The van der Waals surface area contributed by atoms with Crippen molar-refractivity contribution in [1.29, 1.82) is 0 Å². The summed E-state index contributed by atoms with van der Waals surface area (Å²) < 4.78 is 44.6. The van der Waals surface area contributed by atoms with Gasteiger partial charge in [0.05, 0.1) is 16.5 Å². The molecular formula is C57H36N4O. The fraction of sp³-hybridized carbons (Fsp3) is 0. The molecule has 9 aromatic carbocycles. The third-order valence-corrected chi connectivity index (χ3v) is 11.5. The van der Waals surface area contributed by atoms with Crippen molar-refractivity contribution in [2.45, 2.75) is 0 Å². The van der Waals surface area contributed by atoms with Gasteiger partial charge in [-0.1, -0.05) is 164 Å². The van der Waals surface area contributed by atoms with Gasteiger partial charge in [0, 0.05) is 49.5 Å². The summed E-state index contributed by atoms with van der Waals surface area (Å²) in [5, 5.41) is 3.20. The smallest absolute Gasteiger partial charge is 0.164 e. The molecule has 0 N–H and O–H groups in total. The second-order valence-corrected chi connectivity index (χ2v) is 15.3. The third kappa shape index (κ3) is 6.14. The van der Waals surface area contributed by atoms with Gasteiger partial charge in [0.15, 0.2) is 17.5 Å². The molecule has 0 aliphatic heterocycles. The Morgan fingerprint density at radius 1 is 0.371 bits per heavy atom. The zero-order chi connectivity index (χ0) is 44.5. The Morgan fingerprint density at radius 3 is 1.65 bits per heavy atom. The van der Waals surface area contributed by atoms with Gasteiger partial charge in [-0.3, -0.25) is 0 Å². The Morgan fingerprint density at radius 2 is 0.919 bits per heavy atom. The van der Waals surface area contributed by atoms with Crippen molar-refractivity contribution in [2.24, 2.45) is 0 Å². The van der Waals surface area contributed by atoms with Crippen molar-refractivity contribution in [3.8, 4) is 73.2 Å². The molecule has 290 valence electrons. The van der Waals surface area contributed by atoms with E-state index in [4.69, 9.17) is 22.1 Å². The van der Waals surface area contributed by atoms with Crippen LogP contribution in [0.4, 0.5) is 0 Å². The summed E-state index contributed by atoms with van der Waals surface area (Å²) in [5.41, 5.74) is 11.7. The van der Waals surface area contributed by atoms with Crippen molar-refractivity contribution in [3.63, 3.8) is 0 Å². The van der Waals surface area contributed by atoms with Crippen LogP contribution in [-0.2, 0) is 0 Å². The van der Waals surface area contributed by atoms with Gasteiger partial charge in [-0.2, -0.15) is 0 Å². The van der Waals surface area contributed by atoms with Crippen molar-refractivity contribution >= 4 is 43.7 Å². The first-order valence-corrected chi connectivity index (χ1v) is 20.5. The summed E-state index contributed by atoms with van der Waals surface area (Å²) >= 11 is 0. The molecule has 0 amide bonds. The number of rotatable bonds is 7. The van der Waals surface area contributed by atoms with Crippen LogP contribution in [0.3, 0.4) is 0 Å². The maximum atomic E-state index is 9.42. The standard InChI is InChI=1S/C57H36N4O/c1-4-16-37(17-5-1)42-32-43(38-18-6-2-7-19-38)34-44(33-42)46-26-15-27-50-47-24-10-12-28-51(47)61(54(46)50)45-23-14-22-40(35-45)56-58-55(39-20-8-3-9-21-39)59-57(60-56)41-30-31-49-48-25-11-13-29-52(48)62-53(49)36-41/h1-36H/i10D,12D,24D,28D. The van der Waals surface area contributed by atoms with Gasteiger partial charge in [0.25, 0.3) is 0 Å². The number of nitrogens with zero attached hydrogens (tertiary/aromatic N) is 4. The molecule has 0 atom stereocenters. The lowest BCUT2D eigenvalue weighted by Gasteiger charge is -2.15. The van der Waals surface area contributed by atoms with Gasteiger partial charge in [0.2, 0.25) is 0 Å². The lowest BCUT2D eigenvalue weighted by atomic mass is 9.92. The van der Waals surface area contributed by atoms with Crippen molar-refractivity contribution in [2.75, 3.05) is 0 Å². The normalized spacial score (nSPS) is 12.5. The van der Waals surface area contributed by atoms with Gasteiger partial charge >= 0.3 is 0 Å². The van der Waals surface area contributed by atoms with Crippen LogP contribution in [0.2, 0.25) is 0 Å². The second kappa shape index (κ2) is 14.7. The lowest BCUT2D eigenvalue weighted by Crippen LogP contribution is -2.01. The van der Waals surface area contributed by atoms with Crippen LogP contribution in [0, 0.1) is 0 Å². The van der Waals surface area contributed by atoms with Gasteiger partial charge in [-0.05, 0) is 82.4 Å². The molecule has 12 rings (SSSR count). The highest BCUT2D eigenvalue weighted by Crippen LogP contribution is 2.41. The average Bonchev–Trinajstić information content (AvgIpc) is 3.94. The minimum absolute atomic E-state index is 0.0953. The van der Waals surface area contributed by atoms with Gasteiger partial charge in [-0.25, -0.2) is 15.0 Å². The van der Waals surface area contributed by atoms with Crippen molar-refractivity contribution in [1.82, 2.24) is 19.5 Å². The summed E-state index contributed by atoms with van der Waals surface area (Å²) in [7, 11) is 0. The largest absolute Gasteiger partial charge is 0.456 e. The Hall–Kier alpha value is -8.41. The average molecular weight is 797 g/mol. The summed E-state index contributed by atoms with van der Waals surface area (Å²) in [4.78, 5) is 15.2. The molecule has 0 bridgehead atoms. The SMILES string of the molecule is [2H]c1c([2H])c([2H])c2c(c1[2H])c1cccc(-c3cc(-c4ccccc4)cc(-c4ccccc4)c3)c1n2-c1cccc(-c2nc(-c3ccccc3)nc(-c3ccc4c(c3)oc3ccccc34)n2)c1. The molecule has 5 heteroatoms. The topological polar surface area (TPSA) is 56.7 Å². The monoisotopic (exact) mass is 796 g/mol. The minimum atomic E-state index is -0.303. The molecule has 0 unspecified atom stereocenters. The number of para-hydroxylation sites is 3. The predicted molar refractivity (Wildman–Crippen MR) is 254 cm³/mol. The van der Waals surface area contributed by atoms with E-state index in [9.17, 15) is 2.74 Å². The first kappa shape index (κ1) is 31.5. The molecule has 0 saturated heterocycles. The molecule has 0 aliphatic rings. The quantitative estimate of drug-likeness (QED) is 0.161. The highest BCUT2D eigenvalue weighted by atomic mass is 16.3. The van der Waals surface area contributed by atoms with Crippen LogP contribution >= 0.6 is 0 Å². The van der Waals surface area contributed by atoms with Gasteiger partial charge in [-0.15, -0.1) is 0 Å². The Bertz CT molecular complexity index is 3810. The summed E-state index contributed by atoms with van der Waals surface area (Å²) in [5.74, 6) is 1.43. The predicted octanol–water partition coefficient (Wildman–Crippen LogP) is 14.9. The number of hydrogen-bond donors (Lipinski definition) is 0. The number of aromatic nitrogens is 4. The molecular weight excluding hydrogens is 757 g/mol. The summed E-state index contributed by atoms with van der Waals surface area (Å²) in [6, 6.07) is 64.0. The van der Waals surface area contributed by atoms with Crippen molar-refractivity contribution in [3.05, 3.63) is 218 Å². The summed E-state index contributed by atoms with van der Waals surface area (Å²) in [6.07, 6.45) is 0. The van der Waals surface area contributed by atoms with Crippen LogP contribution in [0.1, 0.15) is 5.48 Å². The van der Waals surface area contributed by atoms with Crippen LogP contribution in [0.5, 0.6) is 0 Å². The molecule has 0 saturated carbocycles. The van der Waals surface area contributed by atoms with Crippen LogP contribution in [0.25, 0.3) is 117 Å². The van der Waals surface area contributed by atoms with Crippen LogP contribution < -0.4 is 0 Å². The van der Waals surface area contributed by atoms with E-state index in [2.05, 4.69) is 54.6 Å².